The van der Waals surface area contributed by atoms with Crippen LogP contribution < -0.4 is 5.73 Å². The van der Waals surface area contributed by atoms with E-state index < -0.39 is 0 Å². The molecule has 5 heteroatoms. The van der Waals surface area contributed by atoms with Gasteiger partial charge in [0.2, 0.25) is 0 Å². The van der Waals surface area contributed by atoms with Crippen molar-refractivity contribution in [3.63, 3.8) is 0 Å². The highest BCUT2D eigenvalue weighted by Gasteiger charge is 2.15. The molecule has 1 aromatic heterocycles. The lowest BCUT2D eigenvalue weighted by Gasteiger charge is -2.14. The van der Waals surface area contributed by atoms with Gasteiger partial charge in [-0.25, -0.2) is 0 Å². The molecule has 20 heavy (non-hydrogen) atoms. The largest absolute Gasteiger partial charge is 0.399 e. The second kappa shape index (κ2) is 6.05. The highest BCUT2D eigenvalue weighted by atomic mass is 16.5. The Hall–Kier alpha value is -1.88. The number of aromatic nitrogens is 3. The lowest BCUT2D eigenvalue weighted by atomic mass is 10.1. The zero-order chi connectivity index (χ0) is 13.8. The Morgan fingerprint density at radius 1 is 1.20 bits per heavy atom. The zero-order valence-electron chi connectivity index (χ0n) is 11.6. The number of para-hydroxylation sites is 1. The van der Waals surface area contributed by atoms with E-state index in [4.69, 9.17) is 10.5 Å². The molecule has 5 nitrogen and oxygen atoms in total. The molecule has 1 aromatic carbocycles. The quantitative estimate of drug-likeness (QED) is 0.667. The van der Waals surface area contributed by atoms with Crippen LogP contribution in [0.3, 0.4) is 0 Å². The molecule has 1 aliphatic heterocycles. The number of anilines is 1. The van der Waals surface area contributed by atoms with Crippen LogP contribution in [0.15, 0.2) is 24.3 Å². The number of hydrogen-bond donors (Lipinski definition) is 1. The van der Waals surface area contributed by atoms with Gasteiger partial charge in [-0.1, -0.05) is 18.2 Å². The molecule has 0 saturated heterocycles. The summed E-state index contributed by atoms with van der Waals surface area (Å²) in [4.78, 5) is 0. The summed E-state index contributed by atoms with van der Waals surface area (Å²) in [7, 11) is 0. The number of benzene rings is 1. The molecule has 3 rings (SSSR count). The molecule has 0 saturated carbocycles. The lowest BCUT2D eigenvalue weighted by molar-refractivity contribution is 0.115. The first-order valence-electron chi connectivity index (χ1n) is 7.16. The highest BCUT2D eigenvalue weighted by Crippen LogP contribution is 2.15. The number of rotatable bonds is 5. The summed E-state index contributed by atoms with van der Waals surface area (Å²) in [5.74, 6) is 2.04. The van der Waals surface area contributed by atoms with Crippen LogP contribution in [0.5, 0.6) is 0 Å². The smallest absolute Gasteiger partial charge is 0.159 e. The Morgan fingerprint density at radius 2 is 2.10 bits per heavy atom. The Labute approximate surface area is 118 Å². The van der Waals surface area contributed by atoms with Crippen LogP contribution in [0.4, 0.5) is 5.69 Å². The van der Waals surface area contributed by atoms with Gasteiger partial charge in [0.15, 0.2) is 5.82 Å². The third kappa shape index (κ3) is 2.82. The molecule has 0 fully saturated rings. The molecule has 2 N–H and O–H groups in total. The molecule has 0 unspecified atom stereocenters. The van der Waals surface area contributed by atoms with Crippen molar-refractivity contribution in [3.8, 4) is 0 Å². The fourth-order valence-electron chi connectivity index (χ4n) is 2.58. The van der Waals surface area contributed by atoms with E-state index in [1.165, 1.54) is 12.8 Å². The van der Waals surface area contributed by atoms with Crippen molar-refractivity contribution in [2.45, 2.75) is 38.8 Å². The number of ether oxygens (including phenoxy) is 1. The molecule has 0 aliphatic carbocycles. The van der Waals surface area contributed by atoms with Crippen LogP contribution in [0, 0.1) is 0 Å². The summed E-state index contributed by atoms with van der Waals surface area (Å²) >= 11 is 0. The molecule has 2 aromatic rings. The fraction of sp³-hybridized carbons (Fsp3) is 0.467. The first-order chi connectivity index (χ1) is 9.84. The molecule has 0 spiro atoms. The van der Waals surface area contributed by atoms with E-state index in [-0.39, 0.29) is 0 Å². The number of hydrogen-bond acceptors (Lipinski definition) is 4. The maximum atomic E-state index is 5.91. The Bertz CT molecular complexity index is 579. The second-order valence-electron chi connectivity index (χ2n) is 5.14. The molecule has 0 amide bonds. The van der Waals surface area contributed by atoms with Crippen LogP contribution in [0.1, 0.15) is 30.1 Å². The summed E-state index contributed by atoms with van der Waals surface area (Å²) in [5, 5.41) is 8.44. The average Bonchev–Trinajstić information content (AvgIpc) is 2.89. The number of nitrogen functional groups attached to an aromatic ring is 1. The summed E-state index contributed by atoms with van der Waals surface area (Å²) in [6.07, 6.45) is 4.28. The molecule has 0 bridgehead atoms. The summed E-state index contributed by atoms with van der Waals surface area (Å²) in [6.45, 7) is 2.20. The van der Waals surface area contributed by atoms with Gasteiger partial charge in [-0.3, -0.25) is 0 Å². The van der Waals surface area contributed by atoms with Gasteiger partial charge < -0.3 is 15.0 Å². The minimum atomic E-state index is 0.528. The molecule has 0 atom stereocenters. The topological polar surface area (TPSA) is 66.0 Å². The first kappa shape index (κ1) is 13.1. The van der Waals surface area contributed by atoms with Gasteiger partial charge in [0.05, 0.1) is 6.61 Å². The van der Waals surface area contributed by atoms with E-state index in [9.17, 15) is 0 Å². The van der Waals surface area contributed by atoms with E-state index in [2.05, 4.69) is 14.8 Å². The van der Waals surface area contributed by atoms with Crippen molar-refractivity contribution in [1.82, 2.24) is 14.8 Å². The summed E-state index contributed by atoms with van der Waals surface area (Å²) < 4.78 is 7.92. The zero-order valence-corrected chi connectivity index (χ0v) is 11.6. The van der Waals surface area contributed by atoms with Crippen molar-refractivity contribution in [1.29, 1.82) is 0 Å². The van der Waals surface area contributed by atoms with Gasteiger partial charge in [0.25, 0.3) is 0 Å². The lowest BCUT2D eigenvalue weighted by Crippen LogP contribution is -2.14. The maximum absolute atomic E-state index is 5.91. The Morgan fingerprint density at radius 3 is 3.00 bits per heavy atom. The number of fused-ring (bicyclic) bond motifs is 1. The molecular weight excluding hydrogens is 252 g/mol. The Balaban J connectivity index is 1.51. The monoisotopic (exact) mass is 272 g/mol. The molecule has 0 radical (unpaired) electrons. The minimum absolute atomic E-state index is 0.528. The fourth-order valence-corrected chi connectivity index (χ4v) is 2.58. The van der Waals surface area contributed by atoms with Crippen molar-refractivity contribution in [2.24, 2.45) is 0 Å². The summed E-state index contributed by atoms with van der Waals surface area (Å²) in [5.41, 5.74) is 7.87. The SMILES string of the molecule is Nc1ccccc1CCOCc1nnc2n1CCCC2. The number of aryl methyl sites for hydroxylation is 1. The Kier molecular flexibility index (Phi) is 3.97. The minimum Gasteiger partial charge on any atom is -0.399 e. The van der Waals surface area contributed by atoms with E-state index in [0.29, 0.717) is 13.2 Å². The van der Waals surface area contributed by atoms with Crippen molar-refractivity contribution >= 4 is 5.69 Å². The second-order valence-corrected chi connectivity index (χ2v) is 5.14. The third-order valence-corrected chi connectivity index (χ3v) is 3.74. The predicted octanol–water partition coefficient (Wildman–Crippen LogP) is 1.96. The maximum Gasteiger partial charge on any atom is 0.159 e. The van der Waals surface area contributed by atoms with E-state index in [0.717, 1.165) is 42.3 Å². The van der Waals surface area contributed by atoms with Crippen molar-refractivity contribution < 1.29 is 4.74 Å². The van der Waals surface area contributed by atoms with Gasteiger partial charge in [-0.15, -0.1) is 10.2 Å². The average molecular weight is 272 g/mol. The van der Waals surface area contributed by atoms with E-state index in [1.807, 2.05) is 24.3 Å². The van der Waals surface area contributed by atoms with Crippen molar-refractivity contribution in [3.05, 3.63) is 41.5 Å². The standard InChI is InChI=1S/C15H20N4O/c16-13-6-2-1-5-12(13)8-10-20-11-15-18-17-14-7-3-4-9-19(14)15/h1-2,5-6H,3-4,7-11,16H2. The van der Waals surface area contributed by atoms with E-state index in [1.54, 1.807) is 0 Å². The normalized spacial score (nSPS) is 14.2. The van der Waals surface area contributed by atoms with Gasteiger partial charge in [-0.05, 0) is 30.9 Å². The predicted molar refractivity (Wildman–Crippen MR) is 77.2 cm³/mol. The first-order valence-corrected chi connectivity index (χ1v) is 7.16. The third-order valence-electron chi connectivity index (χ3n) is 3.74. The molecule has 1 aliphatic rings. The van der Waals surface area contributed by atoms with Crippen molar-refractivity contribution in [2.75, 3.05) is 12.3 Å². The van der Waals surface area contributed by atoms with Gasteiger partial charge in [0, 0.05) is 18.7 Å². The molecule has 106 valence electrons. The molecular formula is C15H20N4O. The van der Waals surface area contributed by atoms with Crippen LogP contribution in [0.25, 0.3) is 0 Å². The van der Waals surface area contributed by atoms with Crippen LogP contribution in [-0.4, -0.2) is 21.4 Å². The van der Waals surface area contributed by atoms with E-state index >= 15 is 0 Å². The van der Waals surface area contributed by atoms with Gasteiger partial charge in [0.1, 0.15) is 12.4 Å². The number of nitrogens with two attached hydrogens (primary N) is 1. The van der Waals surface area contributed by atoms with Gasteiger partial charge >= 0.3 is 0 Å². The number of nitrogens with zero attached hydrogens (tertiary/aromatic N) is 3. The van der Waals surface area contributed by atoms with Crippen LogP contribution in [0.2, 0.25) is 0 Å². The van der Waals surface area contributed by atoms with Crippen LogP contribution in [-0.2, 0) is 30.7 Å². The summed E-state index contributed by atoms with van der Waals surface area (Å²) in [6, 6.07) is 7.91. The van der Waals surface area contributed by atoms with Gasteiger partial charge in [-0.2, -0.15) is 0 Å². The highest BCUT2D eigenvalue weighted by molar-refractivity contribution is 5.46. The molecule has 2 heterocycles. The van der Waals surface area contributed by atoms with Crippen LogP contribution >= 0.6 is 0 Å².